The second-order valence-corrected chi connectivity index (χ2v) is 5.92. The molecule has 1 N–H and O–H groups in total. The van der Waals surface area contributed by atoms with Crippen LogP contribution >= 0.6 is 23.2 Å². The number of amides is 1. The zero-order valence-electron chi connectivity index (χ0n) is 12.7. The highest BCUT2D eigenvalue weighted by Crippen LogP contribution is 2.35. The van der Waals surface area contributed by atoms with Gasteiger partial charge in [0, 0.05) is 11.6 Å². The third-order valence-electron chi connectivity index (χ3n) is 3.40. The summed E-state index contributed by atoms with van der Waals surface area (Å²) in [5.74, 6) is 1.43. The molecule has 0 aliphatic carbocycles. The van der Waals surface area contributed by atoms with Crippen molar-refractivity contribution in [2.75, 3.05) is 19.9 Å². The Morgan fingerprint density at radius 2 is 2.08 bits per heavy atom. The minimum Gasteiger partial charge on any atom is -0.492 e. The van der Waals surface area contributed by atoms with E-state index < -0.39 is 0 Å². The molecule has 3 rings (SSSR count). The van der Waals surface area contributed by atoms with Crippen LogP contribution in [0.4, 0.5) is 0 Å². The molecule has 0 aromatic heterocycles. The van der Waals surface area contributed by atoms with Crippen molar-refractivity contribution in [1.82, 2.24) is 5.32 Å². The molecule has 0 radical (unpaired) electrons. The van der Waals surface area contributed by atoms with E-state index in [1.807, 2.05) is 0 Å². The number of benzene rings is 2. The average Bonchev–Trinajstić information content (AvgIpc) is 3.04. The van der Waals surface area contributed by atoms with Crippen LogP contribution in [0.25, 0.3) is 0 Å². The van der Waals surface area contributed by atoms with Crippen LogP contribution in [0.5, 0.6) is 17.2 Å². The number of hydrogen-bond acceptors (Lipinski definition) is 4. The Hall–Kier alpha value is -2.11. The summed E-state index contributed by atoms with van der Waals surface area (Å²) in [7, 11) is 0. The van der Waals surface area contributed by atoms with Crippen molar-refractivity contribution in [2.24, 2.45) is 0 Å². The van der Waals surface area contributed by atoms with Gasteiger partial charge in [0.1, 0.15) is 5.75 Å². The maximum atomic E-state index is 12.2. The molecule has 1 aliphatic rings. The third-order valence-corrected chi connectivity index (χ3v) is 3.93. The van der Waals surface area contributed by atoms with Crippen LogP contribution in [-0.4, -0.2) is 25.9 Å². The Labute approximate surface area is 149 Å². The fraction of sp³-hybridized carbons (Fsp3) is 0.235. The van der Waals surface area contributed by atoms with Gasteiger partial charge in [-0.2, -0.15) is 0 Å². The largest absolute Gasteiger partial charge is 0.492 e. The van der Waals surface area contributed by atoms with Crippen molar-refractivity contribution in [3.8, 4) is 17.2 Å². The SMILES string of the molecule is O=C(NCCCOc1ccc(Cl)cc1Cl)c1cccc2c1OCO2. The predicted molar refractivity (Wildman–Crippen MR) is 91.5 cm³/mol. The van der Waals surface area contributed by atoms with Crippen LogP contribution < -0.4 is 19.5 Å². The maximum Gasteiger partial charge on any atom is 0.255 e. The van der Waals surface area contributed by atoms with E-state index in [4.69, 9.17) is 37.4 Å². The Morgan fingerprint density at radius 1 is 1.21 bits per heavy atom. The normalized spacial score (nSPS) is 12.1. The van der Waals surface area contributed by atoms with Gasteiger partial charge in [-0.15, -0.1) is 0 Å². The van der Waals surface area contributed by atoms with Gasteiger partial charge < -0.3 is 19.5 Å². The Morgan fingerprint density at radius 3 is 2.92 bits per heavy atom. The number of carbonyl (C=O) groups excluding carboxylic acids is 1. The second-order valence-electron chi connectivity index (χ2n) is 5.07. The van der Waals surface area contributed by atoms with Gasteiger partial charge in [0.2, 0.25) is 6.79 Å². The Bertz CT molecular complexity index is 751. The summed E-state index contributed by atoms with van der Waals surface area (Å²) in [5, 5.41) is 3.85. The van der Waals surface area contributed by atoms with Crippen molar-refractivity contribution in [3.05, 3.63) is 52.0 Å². The summed E-state index contributed by atoms with van der Waals surface area (Å²) < 4.78 is 16.1. The van der Waals surface area contributed by atoms with Crippen molar-refractivity contribution in [1.29, 1.82) is 0 Å². The highest BCUT2D eigenvalue weighted by atomic mass is 35.5. The van der Waals surface area contributed by atoms with Crippen LogP contribution in [-0.2, 0) is 0 Å². The molecule has 2 aromatic rings. The molecule has 24 heavy (non-hydrogen) atoms. The first-order valence-corrected chi connectivity index (χ1v) is 8.15. The quantitative estimate of drug-likeness (QED) is 0.786. The van der Waals surface area contributed by atoms with Gasteiger partial charge in [-0.25, -0.2) is 0 Å². The number of rotatable bonds is 6. The van der Waals surface area contributed by atoms with E-state index in [0.29, 0.717) is 52.4 Å². The van der Waals surface area contributed by atoms with E-state index in [-0.39, 0.29) is 12.7 Å². The molecule has 0 fully saturated rings. The third kappa shape index (κ3) is 3.86. The number of nitrogens with one attached hydrogen (secondary N) is 1. The smallest absolute Gasteiger partial charge is 0.255 e. The first kappa shape index (κ1) is 16.7. The molecule has 0 bridgehead atoms. The molecule has 1 aliphatic heterocycles. The van der Waals surface area contributed by atoms with Crippen LogP contribution in [0.15, 0.2) is 36.4 Å². The fourth-order valence-electron chi connectivity index (χ4n) is 2.25. The van der Waals surface area contributed by atoms with E-state index in [1.54, 1.807) is 36.4 Å². The molecule has 5 nitrogen and oxygen atoms in total. The molecular formula is C17H15Cl2NO4. The number of halogens is 2. The van der Waals surface area contributed by atoms with Crippen molar-refractivity contribution < 1.29 is 19.0 Å². The van der Waals surface area contributed by atoms with Gasteiger partial charge >= 0.3 is 0 Å². The molecule has 0 spiro atoms. The number of hydrogen-bond donors (Lipinski definition) is 1. The summed E-state index contributed by atoms with van der Waals surface area (Å²) in [6.07, 6.45) is 0.636. The summed E-state index contributed by atoms with van der Waals surface area (Å²) in [4.78, 5) is 12.2. The predicted octanol–water partition coefficient (Wildman–Crippen LogP) is 3.92. The lowest BCUT2D eigenvalue weighted by atomic mass is 10.1. The van der Waals surface area contributed by atoms with Gasteiger partial charge in [0.05, 0.1) is 17.2 Å². The molecule has 1 amide bonds. The van der Waals surface area contributed by atoms with Gasteiger partial charge in [0.25, 0.3) is 5.91 Å². The van der Waals surface area contributed by atoms with Gasteiger partial charge in [-0.3, -0.25) is 4.79 Å². The summed E-state index contributed by atoms with van der Waals surface area (Å²) >= 11 is 11.8. The zero-order valence-corrected chi connectivity index (χ0v) is 14.2. The summed E-state index contributed by atoms with van der Waals surface area (Å²) in [5.41, 5.74) is 0.465. The minimum absolute atomic E-state index is 0.134. The molecule has 126 valence electrons. The lowest BCUT2D eigenvalue weighted by molar-refractivity contribution is 0.0947. The highest BCUT2D eigenvalue weighted by molar-refractivity contribution is 6.35. The lowest BCUT2D eigenvalue weighted by Crippen LogP contribution is -2.25. The number of para-hydroxylation sites is 1. The van der Waals surface area contributed by atoms with Crippen LogP contribution in [0.3, 0.4) is 0 Å². The fourth-order valence-corrected chi connectivity index (χ4v) is 2.72. The maximum absolute atomic E-state index is 12.2. The van der Waals surface area contributed by atoms with Gasteiger partial charge in [0.15, 0.2) is 11.5 Å². The van der Waals surface area contributed by atoms with Gasteiger partial charge in [-0.1, -0.05) is 29.3 Å². The standard InChI is InChI=1S/C17H15Cl2NO4/c18-11-5-6-14(13(19)9-11)22-8-2-7-20-17(21)12-3-1-4-15-16(12)24-10-23-15/h1,3-6,9H,2,7-8,10H2,(H,20,21). The van der Waals surface area contributed by atoms with E-state index in [1.165, 1.54) is 0 Å². The number of fused-ring (bicyclic) bond motifs is 1. The van der Waals surface area contributed by atoms with Crippen LogP contribution in [0, 0.1) is 0 Å². The molecule has 1 heterocycles. The first-order chi connectivity index (χ1) is 11.6. The van der Waals surface area contributed by atoms with Crippen LogP contribution in [0.2, 0.25) is 10.0 Å². The number of carbonyl (C=O) groups is 1. The van der Waals surface area contributed by atoms with Crippen LogP contribution in [0.1, 0.15) is 16.8 Å². The Balaban J connectivity index is 1.45. The highest BCUT2D eigenvalue weighted by Gasteiger charge is 2.21. The first-order valence-electron chi connectivity index (χ1n) is 7.40. The summed E-state index contributed by atoms with van der Waals surface area (Å²) in [6, 6.07) is 10.3. The minimum atomic E-state index is -0.207. The van der Waals surface area contributed by atoms with E-state index in [2.05, 4.69) is 5.32 Å². The topological polar surface area (TPSA) is 56.8 Å². The van der Waals surface area contributed by atoms with Gasteiger partial charge in [-0.05, 0) is 36.8 Å². The zero-order chi connectivity index (χ0) is 16.9. The molecule has 0 atom stereocenters. The monoisotopic (exact) mass is 367 g/mol. The molecule has 0 unspecified atom stereocenters. The number of ether oxygens (including phenoxy) is 3. The van der Waals surface area contributed by atoms with Crippen molar-refractivity contribution in [2.45, 2.75) is 6.42 Å². The van der Waals surface area contributed by atoms with E-state index in [9.17, 15) is 4.79 Å². The Kier molecular flexibility index (Phi) is 5.33. The van der Waals surface area contributed by atoms with Crippen molar-refractivity contribution >= 4 is 29.1 Å². The van der Waals surface area contributed by atoms with E-state index >= 15 is 0 Å². The lowest BCUT2D eigenvalue weighted by Gasteiger charge is -2.10. The second kappa shape index (κ2) is 7.64. The van der Waals surface area contributed by atoms with Crippen molar-refractivity contribution in [3.63, 3.8) is 0 Å². The molecular weight excluding hydrogens is 353 g/mol. The average molecular weight is 368 g/mol. The molecule has 2 aromatic carbocycles. The summed E-state index contributed by atoms with van der Waals surface area (Å²) in [6.45, 7) is 1.03. The molecule has 0 saturated heterocycles. The van der Waals surface area contributed by atoms with E-state index in [0.717, 1.165) is 0 Å². The molecule has 7 heteroatoms. The molecule has 0 saturated carbocycles.